The van der Waals surface area contributed by atoms with E-state index in [1.807, 2.05) is 18.3 Å². The van der Waals surface area contributed by atoms with Gasteiger partial charge in [0.2, 0.25) is 0 Å². The molecule has 1 aromatic heterocycles. The van der Waals surface area contributed by atoms with Gasteiger partial charge < -0.3 is 10.6 Å². The first-order chi connectivity index (χ1) is 9.09. The van der Waals surface area contributed by atoms with Crippen molar-refractivity contribution in [2.45, 2.75) is 32.4 Å². The Morgan fingerprint density at radius 2 is 1.89 bits per heavy atom. The number of para-hydroxylation sites is 1. The van der Waals surface area contributed by atoms with Crippen LogP contribution in [0.15, 0.2) is 41.8 Å². The van der Waals surface area contributed by atoms with E-state index in [1.165, 1.54) is 16.1 Å². The van der Waals surface area contributed by atoms with Crippen LogP contribution in [0.5, 0.6) is 0 Å². The van der Waals surface area contributed by atoms with Gasteiger partial charge in [-0.05, 0) is 36.9 Å². The molecule has 0 radical (unpaired) electrons. The van der Waals surface area contributed by atoms with Crippen molar-refractivity contribution in [2.24, 2.45) is 5.73 Å². The fourth-order valence-electron chi connectivity index (χ4n) is 2.29. The number of nitrogens with two attached hydrogens (primary N) is 1. The van der Waals surface area contributed by atoms with E-state index in [9.17, 15) is 0 Å². The molecule has 1 unspecified atom stereocenters. The van der Waals surface area contributed by atoms with Crippen LogP contribution in [0, 0.1) is 0 Å². The normalized spacial score (nSPS) is 14.1. The summed E-state index contributed by atoms with van der Waals surface area (Å²) in [5.41, 5.74) is 8.51. The molecule has 0 saturated carbocycles. The molecule has 2 N–H and O–H groups in total. The van der Waals surface area contributed by atoms with Gasteiger partial charge in [0.1, 0.15) is 0 Å². The van der Waals surface area contributed by atoms with Crippen molar-refractivity contribution in [1.82, 2.24) is 0 Å². The van der Waals surface area contributed by atoms with Crippen LogP contribution in [0.3, 0.4) is 0 Å². The molecule has 19 heavy (non-hydrogen) atoms. The van der Waals surface area contributed by atoms with E-state index in [0.717, 1.165) is 6.42 Å². The number of anilines is 1. The molecular weight excluding hydrogens is 252 g/mol. The van der Waals surface area contributed by atoms with Crippen LogP contribution in [-0.2, 0) is 6.42 Å². The second kappa shape index (κ2) is 6.22. The topological polar surface area (TPSA) is 29.3 Å². The minimum Gasteiger partial charge on any atom is -0.371 e. The molecule has 0 spiro atoms. The molecule has 0 saturated heterocycles. The highest BCUT2D eigenvalue weighted by molar-refractivity contribution is 7.09. The minimum absolute atomic E-state index is 0.0626. The summed E-state index contributed by atoms with van der Waals surface area (Å²) < 4.78 is 0. The van der Waals surface area contributed by atoms with E-state index in [1.54, 1.807) is 0 Å². The zero-order chi connectivity index (χ0) is 13.8. The third-order valence-corrected chi connectivity index (χ3v) is 4.44. The second-order valence-electron chi connectivity index (χ2n) is 5.09. The van der Waals surface area contributed by atoms with Crippen LogP contribution in [0.2, 0.25) is 0 Å². The Kier molecular flexibility index (Phi) is 4.61. The van der Waals surface area contributed by atoms with E-state index in [0.29, 0.717) is 6.04 Å². The molecule has 0 aliphatic carbocycles. The number of nitrogens with zero attached hydrogens (tertiary/aromatic N) is 1. The number of hydrogen-bond donors (Lipinski definition) is 1. The Morgan fingerprint density at radius 1 is 1.16 bits per heavy atom. The molecule has 1 aromatic carbocycles. The number of likely N-dealkylation sites (N-methyl/N-ethyl adjacent to an activating group) is 1. The molecule has 0 aliphatic rings. The third-order valence-electron chi connectivity index (χ3n) is 3.55. The highest BCUT2D eigenvalue weighted by atomic mass is 32.1. The third kappa shape index (κ3) is 3.37. The molecule has 0 aliphatic heterocycles. The largest absolute Gasteiger partial charge is 0.371 e. The quantitative estimate of drug-likeness (QED) is 0.897. The van der Waals surface area contributed by atoms with Gasteiger partial charge >= 0.3 is 0 Å². The standard InChI is InChI=1S/C16H22N2S/c1-12(11-14-7-6-10-19-14)18(3)16-9-5-4-8-15(16)13(2)17/h4-10,12-13H,11,17H2,1-3H3/t12?,13-/m0/s1. The number of rotatable bonds is 5. The van der Waals surface area contributed by atoms with E-state index in [2.05, 4.69) is 60.6 Å². The minimum atomic E-state index is 0.0626. The van der Waals surface area contributed by atoms with Gasteiger partial charge in [-0.1, -0.05) is 24.3 Å². The fraction of sp³-hybridized carbons (Fsp3) is 0.375. The van der Waals surface area contributed by atoms with E-state index in [-0.39, 0.29) is 6.04 Å². The summed E-state index contributed by atoms with van der Waals surface area (Å²) in [6.45, 7) is 4.30. The summed E-state index contributed by atoms with van der Waals surface area (Å²) in [6, 6.07) is 13.2. The van der Waals surface area contributed by atoms with Crippen molar-refractivity contribution in [3.8, 4) is 0 Å². The smallest absolute Gasteiger partial charge is 0.0414 e. The molecular formula is C16H22N2S. The van der Waals surface area contributed by atoms with Crippen LogP contribution in [0.4, 0.5) is 5.69 Å². The molecule has 2 aromatic rings. The first-order valence-electron chi connectivity index (χ1n) is 6.69. The van der Waals surface area contributed by atoms with E-state index >= 15 is 0 Å². The fourth-order valence-corrected chi connectivity index (χ4v) is 3.11. The Hall–Kier alpha value is -1.32. The first-order valence-corrected chi connectivity index (χ1v) is 7.57. The molecule has 2 rings (SSSR count). The van der Waals surface area contributed by atoms with Crippen LogP contribution in [0.1, 0.15) is 30.3 Å². The maximum atomic E-state index is 6.06. The molecule has 2 atom stereocenters. The Morgan fingerprint density at radius 3 is 2.53 bits per heavy atom. The molecule has 0 amide bonds. The van der Waals surface area contributed by atoms with Crippen molar-refractivity contribution < 1.29 is 0 Å². The molecule has 2 nitrogen and oxygen atoms in total. The van der Waals surface area contributed by atoms with Crippen LogP contribution in [-0.4, -0.2) is 13.1 Å². The summed E-state index contributed by atoms with van der Waals surface area (Å²) in [5, 5.41) is 2.14. The molecule has 0 fully saturated rings. The van der Waals surface area contributed by atoms with Gasteiger partial charge in [0.25, 0.3) is 0 Å². The highest BCUT2D eigenvalue weighted by Crippen LogP contribution is 2.26. The van der Waals surface area contributed by atoms with Gasteiger partial charge in [-0.3, -0.25) is 0 Å². The number of benzene rings is 1. The Balaban J connectivity index is 2.16. The predicted molar refractivity (Wildman–Crippen MR) is 84.9 cm³/mol. The average Bonchev–Trinajstić information content (AvgIpc) is 2.90. The summed E-state index contributed by atoms with van der Waals surface area (Å²) in [4.78, 5) is 3.76. The van der Waals surface area contributed by atoms with Crippen molar-refractivity contribution in [3.63, 3.8) is 0 Å². The number of thiophene rings is 1. The molecule has 102 valence electrons. The summed E-state index contributed by atoms with van der Waals surface area (Å²) >= 11 is 1.82. The van der Waals surface area contributed by atoms with Crippen molar-refractivity contribution in [3.05, 3.63) is 52.2 Å². The summed E-state index contributed by atoms with van der Waals surface area (Å²) in [7, 11) is 2.15. The van der Waals surface area contributed by atoms with Gasteiger partial charge in [-0.15, -0.1) is 11.3 Å². The zero-order valence-electron chi connectivity index (χ0n) is 11.8. The Bertz CT molecular complexity index is 505. The van der Waals surface area contributed by atoms with Crippen LogP contribution >= 0.6 is 11.3 Å². The van der Waals surface area contributed by atoms with Gasteiger partial charge in [0, 0.05) is 36.1 Å². The zero-order valence-corrected chi connectivity index (χ0v) is 12.7. The molecule has 1 heterocycles. The maximum Gasteiger partial charge on any atom is 0.0414 e. The van der Waals surface area contributed by atoms with E-state index < -0.39 is 0 Å². The lowest BCUT2D eigenvalue weighted by atomic mass is 10.0. The van der Waals surface area contributed by atoms with Gasteiger partial charge in [0.15, 0.2) is 0 Å². The SMILES string of the molecule is CC(Cc1cccs1)N(C)c1ccccc1[C@H](C)N. The van der Waals surface area contributed by atoms with Gasteiger partial charge in [0.05, 0.1) is 0 Å². The first kappa shape index (κ1) is 14.1. The second-order valence-corrected chi connectivity index (χ2v) is 6.12. The lowest BCUT2D eigenvalue weighted by Crippen LogP contribution is -2.31. The summed E-state index contributed by atoms with van der Waals surface area (Å²) in [6.07, 6.45) is 1.07. The monoisotopic (exact) mass is 274 g/mol. The molecule has 0 bridgehead atoms. The lowest BCUT2D eigenvalue weighted by molar-refractivity contribution is 0.679. The number of hydrogen-bond acceptors (Lipinski definition) is 3. The summed E-state index contributed by atoms with van der Waals surface area (Å²) in [5.74, 6) is 0. The van der Waals surface area contributed by atoms with E-state index in [4.69, 9.17) is 5.73 Å². The van der Waals surface area contributed by atoms with Crippen LogP contribution in [0.25, 0.3) is 0 Å². The van der Waals surface area contributed by atoms with Crippen molar-refractivity contribution >= 4 is 17.0 Å². The molecule has 3 heteroatoms. The van der Waals surface area contributed by atoms with Gasteiger partial charge in [-0.2, -0.15) is 0 Å². The average molecular weight is 274 g/mol. The predicted octanol–water partition coefficient (Wildman–Crippen LogP) is 3.84. The maximum absolute atomic E-state index is 6.06. The van der Waals surface area contributed by atoms with Crippen LogP contribution < -0.4 is 10.6 Å². The Labute approximate surface area is 119 Å². The highest BCUT2D eigenvalue weighted by Gasteiger charge is 2.15. The lowest BCUT2D eigenvalue weighted by Gasteiger charge is -2.29. The van der Waals surface area contributed by atoms with Gasteiger partial charge in [-0.25, -0.2) is 0 Å². The van der Waals surface area contributed by atoms with Crippen molar-refractivity contribution in [1.29, 1.82) is 0 Å². The van der Waals surface area contributed by atoms with Crippen molar-refractivity contribution in [2.75, 3.05) is 11.9 Å².